The minimum atomic E-state index is 0.639. The van der Waals surface area contributed by atoms with E-state index >= 15 is 0 Å². The topological polar surface area (TPSA) is 29.9 Å². The number of aromatic nitrogens is 2. The van der Waals surface area contributed by atoms with Crippen molar-refractivity contribution in [3.05, 3.63) is 18.0 Å². The van der Waals surface area contributed by atoms with Crippen molar-refractivity contribution in [1.29, 1.82) is 0 Å². The van der Waals surface area contributed by atoms with Crippen molar-refractivity contribution < 1.29 is 0 Å². The largest absolute Gasteiger partial charge is 0.316 e. The van der Waals surface area contributed by atoms with Crippen LogP contribution in [0.25, 0.3) is 0 Å². The highest BCUT2D eigenvalue weighted by Gasteiger charge is 2.16. The molecule has 3 heteroatoms. The number of aryl methyl sites for hydroxylation is 1. The summed E-state index contributed by atoms with van der Waals surface area (Å²) in [6.07, 6.45) is 4.58. The average Bonchev–Trinajstić information content (AvgIpc) is 2.54. The first-order chi connectivity index (χ1) is 5.86. The quantitative estimate of drug-likeness (QED) is 0.669. The number of nitrogens with one attached hydrogen (secondary N) is 1. The van der Waals surface area contributed by atoms with Crippen LogP contribution in [0.3, 0.4) is 0 Å². The molecule has 1 aromatic heterocycles. The third-order valence-corrected chi connectivity index (χ3v) is 2.45. The standard InChI is InChI=1S/C9H15N3/c1-12-6-4-9(11-12)8-3-2-5-10-7-8/h4,6,8,10H,2-3,5,7H2,1H3/t8-/m0/s1. The molecule has 3 nitrogen and oxygen atoms in total. The number of rotatable bonds is 1. The van der Waals surface area contributed by atoms with Gasteiger partial charge in [-0.05, 0) is 25.5 Å². The van der Waals surface area contributed by atoms with E-state index in [1.54, 1.807) is 0 Å². The number of piperidine rings is 1. The minimum Gasteiger partial charge on any atom is -0.316 e. The molecule has 1 aromatic rings. The van der Waals surface area contributed by atoms with Gasteiger partial charge in [-0.2, -0.15) is 5.10 Å². The molecule has 0 saturated carbocycles. The maximum atomic E-state index is 4.41. The van der Waals surface area contributed by atoms with E-state index in [9.17, 15) is 0 Å². The molecule has 0 radical (unpaired) electrons. The first-order valence-electron chi connectivity index (χ1n) is 4.56. The van der Waals surface area contributed by atoms with Crippen LogP contribution in [-0.2, 0) is 7.05 Å². The van der Waals surface area contributed by atoms with Crippen LogP contribution in [0.2, 0.25) is 0 Å². The zero-order valence-corrected chi connectivity index (χ0v) is 7.45. The van der Waals surface area contributed by atoms with Gasteiger partial charge in [0.15, 0.2) is 0 Å². The lowest BCUT2D eigenvalue weighted by molar-refractivity contribution is 0.451. The zero-order chi connectivity index (χ0) is 8.39. The van der Waals surface area contributed by atoms with Crippen molar-refractivity contribution in [3.63, 3.8) is 0 Å². The van der Waals surface area contributed by atoms with E-state index in [0.29, 0.717) is 5.92 Å². The third kappa shape index (κ3) is 1.50. The molecule has 1 fully saturated rings. The van der Waals surface area contributed by atoms with Crippen molar-refractivity contribution in [2.24, 2.45) is 7.05 Å². The van der Waals surface area contributed by atoms with E-state index in [1.165, 1.54) is 25.1 Å². The van der Waals surface area contributed by atoms with Gasteiger partial charge in [0.2, 0.25) is 0 Å². The summed E-state index contributed by atoms with van der Waals surface area (Å²) in [5.41, 5.74) is 1.24. The number of nitrogens with zero attached hydrogens (tertiary/aromatic N) is 2. The van der Waals surface area contributed by atoms with Crippen LogP contribution in [0.5, 0.6) is 0 Å². The van der Waals surface area contributed by atoms with Gasteiger partial charge in [0.25, 0.3) is 0 Å². The van der Waals surface area contributed by atoms with Crippen molar-refractivity contribution in [2.45, 2.75) is 18.8 Å². The van der Waals surface area contributed by atoms with Gasteiger partial charge in [0, 0.05) is 25.7 Å². The highest BCUT2D eigenvalue weighted by atomic mass is 15.2. The molecule has 0 amide bonds. The average molecular weight is 165 g/mol. The molecule has 2 heterocycles. The molecule has 1 saturated heterocycles. The molecule has 2 rings (SSSR count). The lowest BCUT2D eigenvalue weighted by Crippen LogP contribution is -2.28. The molecular weight excluding hydrogens is 150 g/mol. The second-order valence-electron chi connectivity index (χ2n) is 3.46. The first-order valence-corrected chi connectivity index (χ1v) is 4.56. The highest BCUT2D eigenvalue weighted by molar-refractivity contribution is 5.07. The molecule has 66 valence electrons. The molecule has 1 aliphatic rings. The Balaban J connectivity index is 2.08. The van der Waals surface area contributed by atoms with Crippen LogP contribution in [-0.4, -0.2) is 22.9 Å². The Bertz CT molecular complexity index is 248. The van der Waals surface area contributed by atoms with Crippen molar-refractivity contribution in [3.8, 4) is 0 Å². The molecule has 0 aliphatic carbocycles. The molecule has 0 aromatic carbocycles. The first kappa shape index (κ1) is 7.80. The van der Waals surface area contributed by atoms with Crippen LogP contribution in [0, 0.1) is 0 Å². The second kappa shape index (κ2) is 3.27. The summed E-state index contributed by atoms with van der Waals surface area (Å²) in [6.45, 7) is 2.26. The van der Waals surface area contributed by atoms with E-state index in [0.717, 1.165) is 6.54 Å². The monoisotopic (exact) mass is 165 g/mol. The van der Waals surface area contributed by atoms with Crippen LogP contribution < -0.4 is 5.32 Å². The fraction of sp³-hybridized carbons (Fsp3) is 0.667. The van der Waals surface area contributed by atoms with Crippen LogP contribution in [0.15, 0.2) is 12.3 Å². The Morgan fingerprint density at radius 3 is 3.17 bits per heavy atom. The van der Waals surface area contributed by atoms with Crippen molar-refractivity contribution >= 4 is 0 Å². The van der Waals surface area contributed by atoms with Gasteiger partial charge in [0.1, 0.15) is 0 Å². The summed E-state index contributed by atoms with van der Waals surface area (Å²) >= 11 is 0. The van der Waals surface area contributed by atoms with E-state index in [4.69, 9.17) is 0 Å². The van der Waals surface area contributed by atoms with E-state index < -0.39 is 0 Å². The summed E-state index contributed by atoms with van der Waals surface area (Å²) in [4.78, 5) is 0. The maximum absolute atomic E-state index is 4.41. The van der Waals surface area contributed by atoms with E-state index in [2.05, 4.69) is 16.5 Å². The van der Waals surface area contributed by atoms with Gasteiger partial charge in [-0.3, -0.25) is 4.68 Å². The van der Waals surface area contributed by atoms with Crippen molar-refractivity contribution in [1.82, 2.24) is 15.1 Å². The number of hydrogen-bond acceptors (Lipinski definition) is 2. The molecule has 1 N–H and O–H groups in total. The van der Waals surface area contributed by atoms with E-state index in [1.807, 2.05) is 17.9 Å². The minimum absolute atomic E-state index is 0.639. The summed E-state index contributed by atoms with van der Waals surface area (Å²) in [6, 6.07) is 2.12. The molecule has 12 heavy (non-hydrogen) atoms. The smallest absolute Gasteiger partial charge is 0.0668 e. The van der Waals surface area contributed by atoms with Gasteiger partial charge < -0.3 is 5.32 Å². The normalized spacial score (nSPS) is 24.2. The molecule has 0 bridgehead atoms. The summed E-state index contributed by atoms with van der Waals surface area (Å²) in [7, 11) is 1.97. The fourth-order valence-electron chi connectivity index (χ4n) is 1.76. The van der Waals surface area contributed by atoms with Gasteiger partial charge in [0.05, 0.1) is 5.69 Å². The molecular formula is C9H15N3. The predicted octanol–water partition coefficient (Wildman–Crippen LogP) is 0.887. The SMILES string of the molecule is Cn1ccc([C@H]2CCCNC2)n1. The highest BCUT2D eigenvalue weighted by Crippen LogP contribution is 2.20. The Morgan fingerprint density at radius 1 is 1.67 bits per heavy atom. The summed E-state index contributed by atoms with van der Waals surface area (Å²) in [5.74, 6) is 0.639. The van der Waals surface area contributed by atoms with Crippen LogP contribution in [0.1, 0.15) is 24.5 Å². The molecule has 0 spiro atoms. The Labute approximate surface area is 72.8 Å². The van der Waals surface area contributed by atoms with Crippen LogP contribution >= 0.6 is 0 Å². The number of hydrogen-bond donors (Lipinski definition) is 1. The Kier molecular flexibility index (Phi) is 2.13. The molecule has 1 atom stereocenters. The third-order valence-electron chi connectivity index (χ3n) is 2.45. The van der Waals surface area contributed by atoms with Gasteiger partial charge >= 0.3 is 0 Å². The molecule has 1 aliphatic heterocycles. The second-order valence-corrected chi connectivity index (χ2v) is 3.46. The summed E-state index contributed by atoms with van der Waals surface area (Å²) < 4.78 is 1.88. The van der Waals surface area contributed by atoms with E-state index in [-0.39, 0.29) is 0 Å². The van der Waals surface area contributed by atoms with Crippen LogP contribution in [0.4, 0.5) is 0 Å². The van der Waals surface area contributed by atoms with Gasteiger partial charge in [-0.25, -0.2) is 0 Å². The fourth-order valence-corrected chi connectivity index (χ4v) is 1.76. The predicted molar refractivity (Wildman–Crippen MR) is 48.1 cm³/mol. The van der Waals surface area contributed by atoms with Gasteiger partial charge in [-0.1, -0.05) is 0 Å². The summed E-state index contributed by atoms with van der Waals surface area (Å²) in [5, 5.41) is 7.80. The lowest BCUT2D eigenvalue weighted by atomic mass is 9.97. The molecule has 0 unspecified atom stereocenters. The lowest BCUT2D eigenvalue weighted by Gasteiger charge is -2.20. The zero-order valence-electron chi connectivity index (χ0n) is 7.45. The van der Waals surface area contributed by atoms with Crippen molar-refractivity contribution in [2.75, 3.05) is 13.1 Å². The maximum Gasteiger partial charge on any atom is 0.0668 e. The Hall–Kier alpha value is -0.830. The van der Waals surface area contributed by atoms with Gasteiger partial charge in [-0.15, -0.1) is 0 Å². The Morgan fingerprint density at radius 2 is 2.58 bits per heavy atom.